The van der Waals surface area contributed by atoms with E-state index in [1.807, 2.05) is 30.4 Å². The predicted octanol–water partition coefficient (Wildman–Crippen LogP) is 4.36. The molecule has 1 N–H and O–H groups in total. The number of hydrogen-bond acceptors (Lipinski definition) is 2. The molecule has 22 heavy (non-hydrogen) atoms. The zero-order chi connectivity index (χ0) is 15.6. The Morgan fingerprint density at radius 3 is 2.77 bits per heavy atom. The summed E-state index contributed by atoms with van der Waals surface area (Å²) < 4.78 is 13.4. The first-order valence-electron chi connectivity index (χ1n) is 7.45. The summed E-state index contributed by atoms with van der Waals surface area (Å²) in [7, 11) is 0. The number of aromatic hydroxyl groups is 1. The van der Waals surface area contributed by atoms with E-state index in [1.165, 1.54) is 12.1 Å². The van der Waals surface area contributed by atoms with E-state index in [0.717, 1.165) is 12.1 Å². The smallest absolute Gasteiger partial charge is 0.126 e. The molecule has 1 aliphatic carbocycles. The minimum absolute atomic E-state index is 0.0379. The van der Waals surface area contributed by atoms with Crippen LogP contribution in [0.15, 0.2) is 66.9 Å². The third-order valence-electron chi connectivity index (χ3n) is 4.33. The minimum Gasteiger partial charge on any atom is -0.508 e. The van der Waals surface area contributed by atoms with E-state index in [4.69, 9.17) is 0 Å². The van der Waals surface area contributed by atoms with Crippen LogP contribution in [0.5, 0.6) is 5.75 Å². The van der Waals surface area contributed by atoms with Gasteiger partial charge >= 0.3 is 0 Å². The molecule has 1 aromatic heterocycles. The van der Waals surface area contributed by atoms with Gasteiger partial charge < -0.3 is 5.11 Å². The summed E-state index contributed by atoms with van der Waals surface area (Å²) in [5.74, 6) is -0.339. The zero-order valence-electron chi connectivity index (χ0n) is 12.4. The van der Waals surface area contributed by atoms with Gasteiger partial charge in [0, 0.05) is 17.8 Å². The highest BCUT2D eigenvalue weighted by Gasteiger charge is 2.41. The van der Waals surface area contributed by atoms with Crippen LogP contribution in [-0.2, 0) is 5.41 Å². The van der Waals surface area contributed by atoms with Crippen LogP contribution in [0.4, 0.5) is 4.39 Å². The second-order valence-electron chi connectivity index (χ2n) is 5.50. The molecule has 0 radical (unpaired) electrons. The standard InChI is InChI=1S/C19H18FNO/c1-2-14-7-3-5-11-19(14,18-8-4-6-12-21-18)16-10-9-15(20)13-17(16)22/h3-14,22H,2H2,1H3. The largest absolute Gasteiger partial charge is 0.508 e. The maximum atomic E-state index is 13.4. The SMILES string of the molecule is CCC1C=CC=CC1(c1ccccn1)c1ccc(F)cc1O. The van der Waals surface area contributed by atoms with Gasteiger partial charge in [0.2, 0.25) is 0 Å². The fourth-order valence-corrected chi connectivity index (χ4v) is 3.30. The quantitative estimate of drug-likeness (QED) is 0.912. The topological polar surface area (TPSA) is 33.1 Å². The van der Waals surface area contributed by atoms with Gasteiger partial charge in [-0.25, -0.2) is 4.39 Å². The zero-order valence-corrected chi connectivity index (χ0v) is 12.4. The second-order valence-corrected chi connectivity index (χ2v) is 5.50. The molecule has 3 heteroatoms. The van der Waals surface area contributed by atoms with Crippen LogP contribution in [-0.4, -0.2) is 10.1 Å². The van der Waals surface area contributed by atoms with Crippen molar-refractivity contribution >= 4 is 0 Å². The highest BCUT2D eigenvalue weighted by atomic mass is 19.1. The summed E-state index contributed by atoms with van der Waals surface area (Å²) in [6, 6.07) is 9.96. The molecule has 0 saturated carbocycles. The van der Waals surface area contributed by atoms with E-state index in [2.05, 4.69) is 24.1 Å². The third-order valence-corrected chi connectivity index (χ3v) is 4.33. The maximum Gasteiger partial charge on any atom is 0.126 e. The van der Waals surface area contributed by atoms with Gasteiger partial charge in [-0.2, -0.15) is 0 Å². The second kappa shape index (κ2) is 5.76. The number of phenolic OH excluding ortho intramolecular Hbond substituents is 1. The van der Waals surface area contributed by atoms with Crippen molar-refractivity contribution in [2.75, 3.05) is 0 Å². The molecule has 0 saturated heterocycles. The van der Waals surface area contributed by atoms with Crippen LogP contribution in [0, 0.1) is 11.7 Å². The molecule has 1 aliphatic rings. The Hall–Kier alpha value is -2.42. The fourth-order valence-electron chi connectivity index (χ4n) is 3.30. The van der Waals surface area contributed by atoms with E-state index in [-0.39, 0.29) is 11.7 Å². The number of hydrogen-bond donors (Lipinski definition) is 1. The van der Waals surface area contributed by atoms with Gasteiger partial charge in [0.25, 0.3) is 0 Å². The molecule has 0 spiro atoms. The minimum atomic E-state index is -0.581. The van der Waals surface area contributed by atoms with E-state index in [1.54, 1.807) is 12.3 Å². The Morgan fingerprint density at radius 1 is 1.23 bits per heavy atom. The fraction of sp³-hybridized carbons (Fsp3) is 0.211. The first-order valence-corrected chi connectivity index (χ1v) is 7.45. The van der Waals surface area contributed by atoms with Crippen LogP contribution in [0.25, 0.3) is 0 Å². The van der Waals surface area contributed by atoms with E-state index in [9.17, 15) is 9.50 Å². The number of rotatable bonds is 3. The van der Waals surface area contributed by atoms with Crippen molar-refractivity contribution in [1.29, 1.82) is 0 Å². The Morgan fingerprint density at radius 2 is 2.09 bits per heavy atom. The number of pyridine rings is 1. The van der Waals surface area contributed by atoms with Crippen molar-refractivity contribution < 1.29 is 9.50 Å². The van der Waals surface area contributed by atoms with Gasteiger partial charge in [0.15, 0.2) is 0 Å². The molecule has 3 rings (SSSR count). The molecule has 0 amide bonds. The molecule has 2 unspecified atom stereocenters. The monoisotopic (exact) mass is 295 g/mol. The molecule has 2 atom stereocenters. The Balaban J connectivity index is 2.28. The summed E-state index contributed by atoms with van der Waals surface area (Å²) in [5, 5.41) is 10.4. The van der Waals surface area contributed by atoms with Crippen molar-refractivity contribution in [2.24, 2.45) is 5.92 Å². The van der Waals surface area contributed by atoms with Gasteiger partial charge in [0.05, 0.1) is 11.1 Å². The molecule has 2 aromatic rings. The summed E-state index contributed by atoms with van der Waals surface area (Å²) >= 11 is 0. The normalized spacial score (nSPS) is 23.6. The van der Waals surface area contributed by atoms with Crippen LogP contribution < -0.4 is 0 Å². The summed E-state index contributed by atoms with van der Waals surface area (Å²) in [4.78, 5) is 4.52. The lowest BCUT2D eigenvalue weighted by Gasteiger charge is -2.38. The van der Waals surface area contributed by atoms with Crippen molar-refractivity contribution in [1.82, 2.24) is 4.98 Å². The third kappa shape index (κ3) is 2.23. The van der Waals surface area contributed by atoms with Crippen molar-refractivity contribution in [3.8, 4) is 5.75 Å². The van der Waals surface area contributed by atoms with Gasteiger partial charge in [-0.05, 0) is 30.5 Å². The molecule has 2 nitrogen and oxygen atoms in total. The van der Waals surface area contributed by atoms with E-state index >= 15 is 0 Å². The molecule has 0 aliphatic heterocycles. The lowest BCUT2D eigenvalue weighted by molar-refractivity contribution is 0.398. The van der Waals surface area contributed by atoms with Gasteiger partial charge in [-0.1, -0.05) is 43.4 Å². The Kier molecular flexibility index (Phi) is 3.80. The molecular weight excluding hydrogens is 277 g/mol. The van der Waals surface area contributed by atoms with Gasteiger partial charge in [-0.15, -0.1) is 0 Å². The van der Waals surface area contributed by atoms with Crippen LogP contribution in [0.3, 0.4) is 0 Å². The van der Waals surface area contributed by atoms with Gasteiger partial charge in [-0.3, -0.25) is 4.98 Å². The van der Waals surface area contributed by atoms with Crippen molar-refractivity contribution in [2.45, 2.75) is 18.8 Å². The number of benzene rings is 1. The van der Waals surface area contributed by atoms with E-state index in [0.29, 0.717) is 5.56 Å². The molecule has 0 bridgehead atoms. The van der Waals surface area contributed by atoms with Crippen molar-refractivity contribution in [3.05, 3.63) is 84.0 Å². The number of allylic oxidation sites excluding steroid dienone is 4. The van der Waals surface area contributed by atoms with Crippen LogP contribution in [0.2, 0.25) is 0 Å². The highest BCUT2D eigenvalue weighted by Crippen LogP contribution is 2.47. The van der Waals surface area contributed by atoms with Crippen LogP contribution in [0.1, 0.15) is 24.6 Å². The van der Waals surface area contributed by atoms with E-state index < -0.39 is 11.2 Å². The Bertz CT molecular complexity index is 723. The summed E-state index contributed by atoms with van der Waals surface area (Å²) in [6.07, 6.45) is 10.8. The number of aromatic nitrogens is 1. The maximum absolute atomic E-state index is 13.4. The predicted molar refractivity (Wildman–Crippen MR) is 85.1 cm³/mol. The number of halogens is 1. The average Bonchev–Trinajstić information content (AvgIpc) is 2.55. The number of phenols is 1. The first kappa shape index (κ1) is 14.5. The molecule has 0 fully saturated rings. The first-order chi connectivity index (χ1) is 10.7. The Labute approximate surface area is 129 Å². The molecular formula is C19H18FNO. The average molecular weight is 295 g/mol. The number of nitrogens with zero attached hydrogens (tertiary/aromatic N) is 1. The lowest BCUT2D eigenvalue weighted by atomic mass is 9.64. The van der Waals surface area contributed by atoms with Crippen LogP contribution >= 0.6 is 0 Å². The summed E-state index contributed by atoms with van der Waals surface area (Å²) in [6.45, 7) is 2.10. The summed E-state index contributed by atoms with van der Waals surface area (Å²) in [5.41, 5.74) is 0.951. The molecule has 112 valence electrons. The highest BCUT2D eigenvalue weighted by molar-refractivity contribution is 5.52. The molecule has 1 heterocycles. The van der Waals surface area contributed by atoms with Gasteiger partial charge in [0.1, 0.15) is 11.6 Å². The lowest BCUT2D eigenvalue weighted by Crippen LogP contribution is -2.35. The molecule has 1 aromatic carbocycles. The van der Waals surface area contributed by atoms with Crippen molar-refractivity contribution in [3.63, 3.8) is 0 Å².